The van der Waals surface area contributed by atoms with Crippen LogP contribution in [0.1, 0.15) is 47.7 Å². The molecule has 34 heavy (non-hydrogen) atoms. The lowest BCUT2D eigenvalue weighted by molar-refractivity contribution is -0.137. The first-order valence-corrected chi connectivity index (χ1v) is 12.0. The number of amides is 1. The van der Waals surface area contributed by atoms with Gasteiger partial charge in [-0.1, -0.05) is 54.7 Å². The molecule has 1 amide bonds. The monoisotopic (exact) mass is 494 g/mol. The van der Waals surface area contributed by atoms with Crippen molar-refractivity contribution in [2.24, 2.45) is 0 Å². The predicted molar refractivity (Wildman–Crippen MR) is 135 cm³/mol. The van der Waals surface area contributed by atoms with Crippen molar-refractivity contribution in [3.05, 3.63) is 93.5 Å². The Balaban J connectivity index is 1.62. The molecule has 0 spiro atoms. The zero-order valence-electron chi connectivity index (χ0n) is 18.6. The highest BCUT2D eigenvalue weighted by Crippen LogP contribution is 2.53. The third-order valence-corrected chi connectivity index (χ3v) is 7.36. The Hall–Kier alpha value is -2.86. The summed E-state index contributed by atoms with van der Waals surface area (Å²) in [5.41, 5.74) is 0.555. The highest BCUT2D eigenvalue weighted by atomic mass is 35.5. The Kier molecular flexibility index (Phi) is 5.67. The predicted octanol–water partition coefficient (Wildman–Crippen LogP) is 5.92. The highest BCUT2D eigenvalue weighted by molar-refractivity contribution is 6.31. The Labute approximate surface area is 208 Å². The lowest BCUT2D eigenvalue weighted by Gasteiger charge is -2.40. The van der Waals surface area contributed by atoms with E-state index in [1.54, 1.807) is 41.3 Å². The van der Waals surface area contributed by atoms with Gasteiger partial charge in [0.25, 0.3) is 5.91 Å². The van der Waals surface area contributed by atoms with Gasteiger partial charge in [0.05, 0.1) is 17.6 Å². The fourth-order valence-corrected chi connectivity index (χ4v) is 5.63. The third-order valence-electron chi connectivity index (χ3n) is 6.88. The first-order valence-electron chi connectivity index (χ1n) is 11.3. The summed E-state index contributed by atoms with van der Waals surface area (Å²) in [7, 11) is 0. The van der Waals surface area contributed by atoms with Gasteiger partial charge < -0.3 is 10.4 Å². The molecule has 0 radical (unpaired) electrons. The second kappa shape index (κ2) is 8.42. The number of halogens is 2. The molecular weight excluding hydrogens is 471 g/mol. The molecule has 0 saturated heterocycles. The molecule has 174 valence electrons. The zero-order valence-corrected chi connectivity index (χ0v) is 20.2. The molecule has 2 unspecified atom stereocenters. The normalized spacial score (nSPS) is 22.9. The van der Waals surface area contributed by atoms with Gasteiger partial charge in [0.15, 0.2) is 11.4 Å². The minimum absolute atomic E-state index is 0.332. The van der Waals surface area contributed by atoms with Crippen LogP contribution in [0.2, 0.25) is 10.0 Å². The molecule has 5 rings (SSSR count). The van der Waals surface area contributed by atoms with E-state index >= 15 is 0 Å². The van der Waals surface area contributed by atoms with Gasteiger partial charge in [-0.2, -0.15) is 0 Å². The van der Waals surface area contributed by atoms with Crippen molar-refractivity contribution >= 4 is 46.3 Å². The molecule has 2 aliphatic rings. The summed E-state index contributed by atoms with van der Waals surface area (Å²) in [5.74, 6) is -0.833. The molecule has 3 aromatic rings. The van der Waals surface area contributed by atoms with Crippen LogP contribution in [0, 0.1) is 0 Å². The van der Waals surface area contributed by atoms with Gasteiger partial charge in [-0.15, -0.1) is 0 Å². The third kappa shape index (κ3) is 3.42. The number of ketones is 1. The van der Waals surface area contributed by atoms with E-state index in [2.05, 4.69) is 12.2 Å². The molecule has 2 atom stereocenters. The molecule has 2 aliphatic heterocycles. The number of carbonyl (C=O) groups is 2. The molecule has 5 nitrogen and oxygen atoms in total. The molecule has 0 fully saturated rings. The molecule has 2 heterocycles. The number of hydrogen-bond acceptors (Lipinski definition) is 4. The molecule has 3 aromatic carbocycles. The Morgan fingerprint density at radius 3 is 2.47 bits per heavy atom. The van der Waals surface area contributed by atoms with Crippen molar-refractivity contribution in [2.45, 2.75) is 37.3 Å². The number of rotatable bonds is 6. The van der Waals surface area contributed by atoms with Crippen LogP contribution >= 0.6 is 23.2 Å². The van der Waals surface area contributed by atoms with Crippen LogP contribution in [0.5, 0.6) is 0 Å². The summed E-state index contributed by atoms with van der Waals surface area (Å²) >= 11 is 12.3. The number of Topliss-reactive ketones (excluding diaryl/α,β-unsaturated/α-hetero) is 1. The van der Waals surface area contributed by atoms with E-state index in [4.69, 9.17) is 23.2 Å². The van der Waals surface area contributed by atoms with Crippen LogP contribution < -0.4 is 10.2 Å². The number of fused-ring (bicyclic) bond motifs is 2. The lowest BCUT2D eigenvalue weighted by atomic mass is 9.84. The number of nitrogens with zero attached hydrogens (tertiary/aromatic N) is 1. The van der Waals surface area contributed by atoms with Crippen molar-refractivity contribution in [1.29, 1.82) is 0 Å². The van der Waals surface area contributed by atoms with Crippen molar-refractivity contribution in [1.82, 2.24) is 0 Å². The van der Waals surface area contributed by atoms with Crippen LogP contribution in [0.15, 0.2) is 66.7 Å². The van der Waals surface area contributed by atoms with Crippen molar-refractivity contribution in [3.8, 4) is 0 Å². The van der Waals surface area contributed by atoms with Gasteiger partial charge in [0.1, 0.15) is 0 Å². The highest BCUT2D eigenvalue weighted by Gasteiger charge is 2.58. The topological polar surface area (TPSA) is 69.6 Å². The van der Waals surface area contributed by atoms with Crippen LogP contribution in [0.25, 0.3) is 0 Å². The molecule has 0 aliphatic carbocycles. The van der Waals surface area contributed by atoms with Gasteiger partial charge in [0, 0.05) is 39.0 Å². The van der Waals surface area contributed by atoms with E-state index in [9.17, 15) is 14.7 Å². The van der Waals surface area contributed by atoms with Crippen LogP contribution in [-0.2, 0) is 15.9 Å². The molecule has 7 heteroatoms. The summed E-state index contributed by atoms with van der Waals surface area (Å²) in [4.78, 5) is 28.9. The maximum Gasteiger partial charge on any atom is 0.265 e. The smallest absolute Gasteiger partial charge is 0.265 e. The summed E-state index contributed by atoms with van der Waals surface area (Å²) < 4.78 is 0. The first-order chi connectivity index (χ1) is 16.3. The lowest BCUT2D eigenvalue weighted by Crippen LogP contribution is -2.53. The standard InChI is InChI=1S/C27H24Cl2N2O3/c1-2-13-26(16-30-22-12-11-19(29)14-21(22)26)31-23-6-4-3-5-20(23)27(34,25(31)33)15-24(32)17-7-9-18(28)10-8-17/h3-12,14,30,34H,2,13,15-16H2,1H3. The summed E-state index contributed by atoms with van der Waals surface area (Å²) in [5, 5.41) is 16.3. The second-order valence-corrected chi connectivity index (χ2v) is 9.82. The maximum absolute atomic E-state index is 14.1. The molecule has 0 saturated carbocycles. The van der Waals surface area contributed by atoms with Crippen LogP contribution in [0.3, 0.4) is 0 Å². The van der Waals surface area contributed by atoms with E-state index in [0.29, 0.717) is 39.8 Å². The zero-order chi connectivity index (χ0) is 24.1. The molecule has 0 bridgehead atoms. The van der Waals surface area contributed by atoms with Gasteiger partial charge in [-0.05, 0) is 55.0 Å². The fourth-order valence-electron chi connectivity index (χ4n) is 5.33. The minimum Gasteiger partial charge on any atom is -0.382 e. The van der Waals surface area contributed by atoms with Crippen molar-refractivity contribution in [2.75, 3.05) is 16.8 Å². The van der Waals surface area contributed by atoms with E-state index in [-0.39, 0.29) is 12.2 Å². The quantitative estimate of drug-likeness (QED) is 0.417. The Morgan fingerprint density at radius 1 is 1.03 bits per heavy atom. The maximum atomic E-state index is 14.1. The van der Waals surface area contributed by atoms with E-state index < -0.39 is 17.0 Å². The van der Waals surface area contributed by atoms with Crippen LogP contribution in [-0.4, -0.2) is 23.3 Å². The summed E-state index contributed by atoms with van der Waals surface area (Å²) in [6.07, 6.45) is 1.11. The number of hydrogen-bond donors (Lipinski definition) is 2. The van der Waals surface area contributed by atoms with Crippen molar-refractivity contribution in [3.63, 3.8) is 0 Å². The van der Waals surface area contributed by atoms with E-state index in [1.807, 2.05) is 30.3 Å². The minimum atomic E-state index is -1.98. The molecular formula is C27H24Cl2N2O3. The largest absolute Gasteiger partial charge is 0.382 e. The number of benzene rings is 3. The second-order valence-electron chi connectivity index (χ2n) is 8.95. The molecule has 0 aromatic heterocycles. The van der Waals surface area contributed by atoms with E-state index in [0.717, 1.165) is 17.7 Å². The number of aliphatic hydroxyl groups is 1. The molecule has 2 N–H and O–H groups in total. The number of carbonyl (C=O) groups excluding carboxylic acids is 2. The van der Waals surface area contributed by atoms with Gasteiger partial charge in [-0.3, -0.25) is 14.5 Å². The Bertz CT molecular complexity index is 1290. The average Bonchev–Trinajstić information content (AvgIpc) is 3.28. The summed E-state index contributed by atoms with van der Waals surface area (Å²) in [6, 6.07) is 19.2. The van der Waals surface area contributed by atoms with Gasteiger partial charge in [0.2, 0.25) is 0 Å². The van der Waals surface area contributed by atoms with E-state index in [1.165, 1.54) is 0 Å². The average molecular weight is 495 g/mol. The fraction of sp³-hybridized carbons (Fsp3) is 0.259. The first kappa shape index (κ1) is 22.9. The SMILES string of the molecule is CCCC1(N2C(=O)C(O)(CC(=O)c3ccc(Cl)cc3)c3ccccc32)CNc2ccc(Cl)cc21. The van der Waals surface area contributed by atoms with Gasteiger partial charge in [-0.25, -0.2) is 0 Å². The van der Waals surface area contributed by atoms with Crippen LogP contribution in [0.4, 0.5) is 11.4 Å². The number of anilines is 2. The number of nitrogens with one attached hydrogen (secondary N) is 1. The summed E-state index contributed by atoms with van der Waals surface area (Å²) in [6.45, 7) is 2.55. The van der Waals surface area contributed by atoms with Crippen molar-refractivity contribution < 1.29 is 14.7 Å². The van der Waals surface area contributed by atoms with Gasteiger partial charge >= 0.3 is 0 Å². The number of para-hydroxylation sites is 1. The Morgan fingerprint density at radius 2 is 1.74 bits per heavy atom.